The van der Waals surface area contributed by atoms with Crippen molar-refractivity contribution in [3.05, 3.63) is 0 Å². The van der Waals surface area contributed by atoms with Gasteiger partial charge in [-0.3, -0.25) is 4.79 Å². The fourth-order valence-corrected chi connectivity index (χ4v) is 2.64. The first-order chi connectivity index (χ1) is 6.23. The van der Waals surface area contributed by atoms with Crippen LogP contribution in [-0.2, 0) is 9.53 Å². The highest BCUT2D eigenvalue weighted by Crippen LogP contribution is 2.49. The average molecular weight is 182 g/mol. The summed E-state index contributed by atoms with van der Waals surface area (Å²) in [6.45, 7) is 1.54. The number of hydrogen-bond donors (Lipinski definition) is 0. The third kappa shape index (κ3) is 1.87. The van der Waals surface area contributed by atoms with Gasteiger partial charge in [0.05, 0.1) is 0 Å². The molecule has 0 bridgehead atoms. The molecule has 0 amide bonds. The molecule has 0 heterocycles. The summed E-state index contributed by atoms with van der Waals surface area (Å²) in [5, 5.41) is 0. The molecule has 0 aromatic rings. The predicted octanol–water partition coefficient (Wildman–Crippen LogP) is 2.66. The number of hydrogen-bond acceptors (Lipinski definition) is 2. The second-order valence-electron chi connectivity index (χ2n) is 4.49. The Morgan fingerprint density at radius 2 is 1.85 bits per heavy atom. The summed E-state index contributed by atoms with van der Waals surface area (Å²) in [7, 11) is 0. The Kier molecular flexibility index (Phi) is 2.31. The molecule has 0 spiro atoms. The van der Waals surface area contributed by atoms with E-state index in [9.17, 15) is 4.79 Å². The molecule has 2 aliphatic rings. The molecule has 0 unspecified atom stereocenters. The summed E-state index contributed by atoms with van der Waals surface area (Å²) in [6.07, 6.45) is 8.55. The number of rotatable bonds is 2. The van der Waals surface area contributed by atoms with Crippen LogP contribution in [0, 0.1) is 5.92 Å². The zero-order valence-electron chi connectivity index (χ0n) is 8.34. The Bertz CT molecular complexity index is 200. The average Bonchev–Trinajstić information content (AvgIpc) is 2.86. The largest absolute Gasteiger partial charge is 0.459 e. The highest BCUT2D eigenvalue weighted by molar-refractivity contribution is 5.66. The van der Waals surface area contributed by atoms with Crippen molar-refractivity contribution in [1.82, 2.24) is 0 Å². The molecular formula is C11H18O2. The second-order valence-corrected chi connectivity index (χ2v) is 4.49. The molecule has 2 fully saturated rings. The van der Waals surface area contributed by atoms with E-state index in [0.29, 0.717) is 5.92 Å². The lowest BCUT2D eigenvalue weighted by Crippen LogP contribution is -2.38. The van der Waals surface area contributed by atoms with Crippen molar-refractivity contribution in [1.29, 1.82) is 0 Å². The first kappa shape index (κ1) is 9.04. The van der Waals surface area contributed by atoms with Crippen molar-refractivity contribution < 1.29 is 9.53 Å². The minimum Gasteiger partial charge on any atom is -0.459 e. The SMILES string of the molecule is CC(=O)OC1(C2CC2)CCCCC1. The van der Waals surface area contributed by atoms with Crippen molar-refractivity contribution in [3.63, 3.8) is 0 Å². The Hall–Kier alpha value is -0.530. The summed E-state index contributed by atoms with van der Waals surface area (Å²) in [6, 6.07) is 0. The first-order valence-electron chi connectivity index (χ1n) is 5.42. The van der Waals surface area contributed by atoms with Crippen LogP contribution in [0.2, 0.25) is 0 Å². The van der Waals surface area contributed by atoms with Crippen molar-refractivity contribution in [2.45, 2.75) is 57.5 Å². The van der Waals surface area contributed by atoms with Gasteiger partial charge in [0, 0.05) is 6.92 Å². The smallest absolute Gasteiger partial charge is 0.303 e. The van der Waals surface area contributed by atoms with Crippen molar-refractivity contribution in [2.75, 3.05) is 0 Å². The summed E-state index contributed by atoms with van der Waals surface area (Å²) in [4.78, 5) is 11.0. The van der Waals surface area contributed by atoms with Crippen molar-refractivity contribution >= 4 is 5.97 Å². The van der Waals surface area contributed by atoms with Gasteiger partial charge in [0.2, 0.25) is 0 Å². The zero-order valence-corrected chi connectivity index (χ0v) is 8.34. The molecule has 2 saturated carbocycles. The summed E-state index contributed by atoms with van der Waals surface area (Å²) in [5.74, 6) is 0.602. The number of carbonyl (C=O) groups excluding carboxylic acids is 1. The van der Waals surface area contributed by atoms with Crippen LogP contribution in [-0.4, -0.2) is 11.6 Å². The topological polar surface area (TPSA) is 26.3 Å². The molecule has 0 aliphatic heterocycles. The molecule has 74 valence electrons. The highest BCUT2D eigenvalue weighted by Gasteiger charge is 2.48. The number of esters is 1. The molecule has 2 nitrogen and oxygen atoms in total. The quantitative estimate of drug-likeness (QED) is 0.614. The lowest BCUT2D eigenvalue weighted by atomic mass is 9.81. The Morgan fingerprint density at radius 3 is 2.31 bits per heavy atom. The van der Waals surface area contributed by atoms with E-state index in [-0.39, 0.29) is 11.6 Å². The van der Waals surface area contributed by atoms with Gasteiger partial charge >= 0.3 is 5.97 Å². The Labute approximate surface area is 79.7 Å². The fraction of sp³-hybridized carbons (Fsp3) is 0.909. The molecule has 2 heteroatoms. The first-order valence-corrected chi connectivity index (χ1v) is 5.42. The third-order valence-electron chi connectivity index (χ3n) is 3.37. The summed E-state index contributed by atoms with van der Waals surface area (Å²) in [5.41, 5.74) is -0.0376. The third-order valence-corrected chi connectivity index (χ3v) is 3.37. The fourth-order valence-electron chi connectivity index (χ4n) is 2.64. The molecule has 0 aromatic heterocycles. The van der Waals surface area contributed by atoms with E-state index in [1.807, 2.05) is 0 Å². The van der Waals surface area contributed by atoms with Crippen LogP contribution < -0.4 is 0 Å². The van der Waals surface area contributed by atoms with Crippen LogP contribution in [0.1, 0.15) is 51.9 Å². The van der Waals surface area contributed by atoms with E-state index < -0.39 is 0 Å². The van der Waals surface area contributed by atoms with Gasteiger partial charge < -0.3 is 4.74 Å². The normalized spacial score (nSPS) is 26.8. The predicted molar refractivity (Wildman–Crippen MR) is 50.3 cm³/mol. The van der Waals surface area contributed by atoms with Gasteiger partial charge in [0.25, 0.3) is 0 Å². The molecular weight excluding hydrogens is 164 g/mol. The standard InChI is InChI=1S/C11H18O2/c1-9(12)13-11(10-5-6-10)7-3-2-4-8-11/h10H,2-8H2,1H3. The van der Waals surface area contributed by atoms with Crippen molar-refractivity contribution in [3.8, 4) is 0 Å². The highest BCUT2D eigenvalue weighted by atomic mass is 16.6. The Balaban J connectivity index is 2.04. The lowest BCUT2D eigenvalue weighted by Gasteiger charge is -2.36. The van der Waals surface area contributed by atoms with Crippen LogP contribution in [0.25, 0.3) is 0 Å². The van der Waals surface area contributed by atoms with E-state index in [2.05, 4.69) is 0 Å². The van der Waals surface area contributed by atoms with Gasteiger partial charge in [-0.25, -0.2) is 0 Å². The van der Waals surface area contributed by atoms with Gasteiger partial charge in [0.1, 0.15) is 5.60 Å². The molecule has 0 radical (unpaired) electrons. The zero-order chi connectivity index (χ0) is 9.31. The number of ether oxygens (including phenoxy) is 1. The summed E-state index contributed by atoms with van der Waals surface area (Å²) >= 11 is 0. The number of carbonyl (C=O) groups is 1. The van der Waals surface area contributed by atoms with E-state index in [1.54, 1.807) is 6.92 Å². The minimum absolute atomic E-state index is 0.0376. The van der Waals surface area contributed by atoms with Gasteiger partial charge in [0.15, 0.2) is 0 Å². The van der Waals surface area contributed by atoms with E-state index in [1.165, 1.54) is 32.1 Å². The van der Waals surface area contributed by atoms with Crippen LogP contribution in [0.5, 0.6) is 0 Å². The Morgan fingerprint density at radius 1 is 1.23 bits per heavy atom. The second kappa shape index (κ2) is 3.32. The van der Waals surface area contributed by atoms with Crippen LogP contribution >= 0.6 is 0 Å². The molecule has 2 aliphatic carbocycles. The molecule has 2 rings (SSSR count). The molecule has 0 N–H and O–H groups in total. The maximum absolute atomic E-state index is 11.0. The van der Waals surface area contributed by atoms with Gasteiger partial charge in [-0.05, 0) is 44.4 Å². The van der Waals surface area contributed by atoms with Crippen LogP contribution in [0.4, 0.5) is 0 Å². The molecule has 0 saturated heterocycles. The van der Waals surface area contributed by atoms with Gasteiger partial charge in [-0.2, -0.15) is 0 Å². The maximum atomic E-state index is 11.0. The molecule has 0 aromatic carbocycles. The van der Waals surface area contributed by atoms with Crippen molar-refractivity contribution in [2.24, 2.45) is 5.92 Å². The van der Waals surface area contributed by atoms with Crippen LogP contribution in [0.3, 0.4) is 0 Å². The maximum Gasteiger partial charge on any atom is 0.303 e. The summed E-state index contributed by atoms with van der Waals surface area (Å²) < 4.78 is 5.56. The van der Waals surface area contributed by atoms with E-state index in [0.717, 1.165) is 12.8 Å². The minimum atomic E-state index is -0.0891. The van der Waals surface area contributed by atoms with E-state index in [4.69, 9.17) is 4.74 Å². The monoisotopic (exact) mass is 182 g/mol. The molecule has 13 heavy (non-hydrogen) atoms. The van der Waals surface area contributed by atoms with Gasteiger partial charge in [-0.15, -0.1) is 0 Å². The van der Waals surface area contributed by atoms with Gasteiger partial charge in [-0.1, -0.05) is 6.42 Å². The molecule has 0 atom stereocenters. The van der Waals surface area contributed by atoms with E-state index >= 15 is 0 Å². The lowest BCUT2D eigenvalue weighted by molar-refractivity contribution is -0.163. The van der Waals surface area contributed by atoms with Crippen LogP contribution in [0.15, 0.2) is 0 Å².